The highest BCUT2D eigenvalue weighted by molar-refractivity contribution is 6.05. The maximum absolute atomic E-state index is 16.0. The number of benzene rings is 1. The second kappa shape index (κ2) is 11.7. The van der Waals surface area contributed by atoms with Gasteiger partial charge in [0, 0.05) is 24.1 Å². The van der Waals surface area contributed by atoms with E-state index in [0.717, 1.165) is 49.8 Å². The minimum atomic E-state index is -0.754. The van der Waals surface area contributed by atoms with E-state index in [2.05, 4.69) is 50.0 Å². The third-order valence-corrected chi connectivity index (χ3v) is 9.11. The summed E-state index contributed by atoms with van der Waals surface area (Å²) in [6.07, 6.45) is 7.99. The Morgan fingerprint density at radius 2 is 1.86 bits per heavy atom. The quantitative estimate of drug-likeness (QED) is 0.291. The molecule has 1 aromatic carbocycles. The number of imidazole rings is 1. The molecule has 3 aromatic heterocycles. The van der Waals surface area contributed by atoms with Crippen LogP contribution in [0.3, 0.4) is 0 Å². The molecule has 0 radical (unpaired) electrons. The number of nitrogens with zero attached hydrogens (tertiary/aromatic N) is 5. The lowest BCUT2D eigenvalue weighted by molar-refractivity contribution is 0.0106. The average Bonchev–Trinajstić information content (AvgIpc) is 3.35. The molecule has 1 saturated carbocycles. The molecule has 0 unspecified atom stereocenters. The Labute approximate surface area is 251 Å². The van der Waals surface area contributed by atoms with Crippen molar-refractivity contribution in [1.29, 1.82) is 0 Å². The van der Waals surface area contributed by atoms with Crippen LogP contribution in [-0.4, -0.2) is 68.3 Å². The number of methoxy groups -OCH3 is 1. The van der Waals surface area contributed by atoms with Crippen molar-refractivity contribution in [2.75, 3.05) is 32.6 Å². The number of rotatable bonds is 6. The third kappa shape index (κ3) is 5.86. The summed E-state index contributed by atoms with van der Waals surface area (Å²) in [6.45, 7) is 5.71. The Morgan fingerprint density at radius 3 is 2.58 bits per heavy atom. The van der Waals surface area contributed by atoms with Gasteiger partial charge >= 0.3 is 0 Å². The van der Waals surface area contributed by atoms with Crippen LogP contribution in [0, 0.1) is 12.7 Å². The highest BCUT2D eigenvalue weighted by atomic mass is 19.1. The van der Waals surface area contributed by atoms with Gasteiger partial charge in [-0.3, -0.25) is 15.1 Å². The van der Waals surface area contributed by atoms with Crippen molar-refractivity contribution in [3.8, 4) is 17.0 Å². The predicted molar refractivity (Wildman–Crippen MR) is 164 cm³/mol. The number of likely N-dealkylation sites (tertiary alicyclic amines) is 1. The van der Waals surface area contributed by atoms with Gasteiger partial charge in [0.15, 0.2) is 5.82 Å². The molecule has 0 atom stereocenters. The van der Waals surface area contributed by atoms with E-state index in [-0.39, 0.29) is 17.3 Å². The lowest BCUT2D eigenvalue weighted by atomic mass is 9.83. The minimum absolute atomic E-state index is 0.000818. The lowest BCUT2D eigenvalue weighted by Crippen LogP contribution is -2.32. The number of carbonyl (C=O) groups is 1. The molecule has 226 valence electrons. The molecule has 9 nitrogen and oxygen atoms in total. The minimum Gasteiger partial charge on any atom is -0.496 e. The second-order valence-corrected chi connectivity index (χ2v) is 12.4. The molecule has 6 rings (SSSR count). The molecule has 43 heavy (non-hydrogen) atoms. The van der Waals surface area contributed by atoms with Gasteiger partial charge in [0.1, 0.15) is 11.4 Å². The summed E-state index contributed by atoms with van der Waals surface area (Å²) < 4.78 is 23.4. The molecule has 0 spiro atoms. The summed E-state index contributed by atoms with van der Waals surface area (Å²) in [5.41, 5.74) is 2.98. The Kier molecular flexibility index (Phi) is 7.91. The number of anilines is 1. The Morgan fingerprint density at radius 1 is 1.12 bits per heavy atom. The normalized spacial score (nSPS) is 21.7. The van der Waals surface area contributed by atoms with E-state index < -0.39 is 17.3 Å². The summed E-state index contributed by atoms with van der Waals surface area (Å²) >= 11 is 0. The molecular formula is C33H39FN6O3. The van der Waals surface area contributed by atoms with Gasteiger partial charge < -0.3 is 19.3 Å². The first-order valence-electron chi connectivity index (χ1n) is 15.0. The summed E-state index contributed by atoms with van der Waals surface area (Å²) in [7, 11) is 3.65. The van der Waals surface area contributed by atoms with Crippen molar-refractivity contribution in [3.63, 3.8) is 0 Å². The van der Waals surface area contributed by atoms with Gasteiger partial charge in [-0.2, -0.15) is 0 Å². The Bertz CT molecular complexity index is 1650. The fourth-order valence-electron chi connectivity index (χ4n) is 6.56. The second-order valence-electron chi connectivity index (χ2n) is 12.4. The summed E-state index contributed by atoms with van der Waals surface area (Å²) in [5.74, 6) is -0.113. The van der Waals surface area contributed by atoms with Crippen molar-refractivity contribution >= 4 is 22.9 Å². The highest BCUT2D eigenvalue weighted by Gasteiger charge is 2.32. The number of pyridine rings is 2. The van der Waals surface area contributed by atoms with E-state index in [1.807, 2.05) is 6.92 Å². The van der Waals surface area contributed by atoms with Crippen LogP contribution >= 0.6 is 0 Å². The summed E-state index contributed by atoms with van der Waals surface area (Å²) in [5, 5.41) is 13.6. The number of aryl methyl sites for hydroxylation is 1. The van der Waals surface area contributed by atoms with E-state index >= 15 is 4.39 Å². The van der Waals surface area contributed by atoms with Gasteiger partial charge in [0.25, 0.3) is 5.91 Å². The monoisotopic (exact) mass is 586 g/mol. The fraction of sp³-hybridized carbons (Fsp3) is 0.455. The van der Waals surface area contributed by atoms with Crippen LogP contribution in [0.2, 0.25) is 0 Å². The zero-order valence-electron chi connectivity index (χ0n) is 25.2. The van der Waals surface area contributed by atoms with Gasteiger partial charge in [-0.15, -0.1) is 0 Å². The van der Waals surface area contributed by atoms with E-state index in [4.69, 9.17) is 9.72 Å². The third-order valence-electron chi connectivity index (χ3n) is 9.11. The van der Waals surface area contributed by atoms with Crippen molar-refractivity contribution in [2.45, 2.75) is 69.9 Å². The first-order chi connectivity index (χ1) is 20.6. The molecule has 0 bridgehead atoms. The molecule has 2 aliphatic rings. The molecule has 1 amide bonds. The Hall–Kier alpha value is -3.89. The highest BCUT2D eigenvalue weighted by Crippen LogP contribution is 2.40. The molecule has 2 fully saturated rings. The van der Waals surface area contributed by atoms with Gasteiger partial charge in [-0.05, 0) is 108 Å². The summed E-state index contributed by atoms with van der Waals surface area (Å²) in [4.78, 5) is 29.5. The molecular weight excluding hydrogens is 547 g/mol. The first kappa shape index (κ1) is 29.2. The average molecular weight is 587 g/mol. The molecule has 4 heterocycles. The number of hydrogen-bond acceptors (Lipinski definition) is 7. The SMILES string of the molecule is COc1ccncc1-c1nc(C)cc(C(=O)Nc2nc3cc(C4CCN(C)CC4)ccc3n2[C@H]2CC[C@@](C)(O)CC2)c1F. The zero-order valence-corrected chi connectivity index (χ0v) is 25.2. The molecule has 1 aliphatic carbocycles. The fourth-order valence-corrected chi connectivity index (χ4v) is 6.56. The largest absolute Gasteiger partial charge is 0.496 e. The Balaban J connectivity index is 1.38. The number of ether oxygens (including phenoxy) is 1. The number of amides is 1. The molecule has 2 N–H and O–H groups in total. The first-order valence-corrected chi connectivity index (χ1v) is 15.0. The number of aromatic nitrogens is 4. The van der Waals surface area contributed by atoms with Crippen LogP contribution in [0.5, 0.6) is 5.75 Å². The van der Waals surface area contributed by atoms with Gasteiger partial charge in [0.05, 0.1) is 34.9 Å². The number of fused-ring (bicyclic) bond motifs is 1. The van der Waals surface area contributed by atoms with Crippen molar-refractivity contribution in [2.24, 2.45) is 0 Å². The van der Waals surface area contributed by atoms with Crippen molar-refractivity contribution < 1.29 is 19.0 Å². The van der Waals surface area contributed by atoms with Crippen LogP contribution in [0.25, 0.3) is 22.3 Å². The van der Waals surface area contributed by atoms with Gasteiger partial charge in [0.2, 0.25) is 5.95 Å². The number of aliphatic hydroxyl groups is 1. The van der Waals surface area contributed by atoms with Crippen LogP contribution in [0.4, 0.5) is 10.3 Å². The lowest BCUT2D eigenvalue weighted by Gasteiger charge is -2.34. The van der Waals surface area contributed by atoms with Crippen molar-refractivity contribution in [3.05, 3.63) is 65.4 Å². The van der Waals surface area contributed by atoms with Crippen LogP contribution in [0.1, 0.15) is 79.0 Å². The van der Waals surface area contributed by atoms with Gasteiger partial charge in [-0.1, -0.05) is 6.07 Å². The van der Waals surface area contributed by atoms with Crippen molar-refractivity contribution in [1.82, 2.24) is 24.4 Å². The standard InChI is InChI=1S/C33H39FN6O3/c1-20-17-24(29(34)30(36-20)25-19-35-14-9-28(25)43-4)31(41)38-32-37-26-18-22(21-10-15-39(3)16-11-21)5-6-27(26)40(32)23-7-12-33(2,42)13-8-23/h5-6,9,14,17-19,21,23,42H,7-8,10-13,15-16H2,1-4H3,(H,37,38,41)/t23-,33+. The number of halogens is 1. The summed E-state index contributed by atoms with van der Waals surface area (Å²) in [6, 6.07) is 9.53. The van der Waals surface area contributed by atoms with E-state index in [0.29, 0.717) is 41.7 Å². The number of hydrogen-bond donors (Lipinski definition) is 2. The van der Waals surface area contributed by atoms with E-state index in [1.165, 1.54) is 24.9 Å². The predicted octanol–water partition coefficient (Wildman–Crippen LogP) is 5.88. The maximum Gasteiger partial charge on any atom is 0.261 e. The zero-order chi connectivity index (χ0) is 30.3. The molecule has 1 saturated heterocycles. The molecule has 10 heteroatoms. The molecule has 1 aliphatic heterocycles. The number of nitrogens with one attached hydrogen (secondary N) is 1. The topological polar surface area (TPSA) is 105 Å². The van der Waals surface area contributed by atoms with Crippen LogP contribution in [-0.2, 0) is 0 Å². The van der Waals surface area contributed by atoms with Crippen LogP contribution < -0.4 is 10.1 Å². The maximum atomic E-state index is 16.0. The number of carbonyl (C=O) groups excluding carboxylic acids is 1. The van der Waals surface area contributed by atoms with Gasteiger partial charge in [-0.25, -0.2) is 14.4 Å². The van der Waals surface area contributed by atoms with E-state index in [9.17, 15) is 9.90 Å². The number of piperidine rings is 1. The van der Waals surface area contributed by atoms with Crippen LogP contribution in [0.15, 0.2) is 42.7 Å². The molecule has 4 aromatic rings. The van der Waals surface area contributed by atoms with E-state index in [1.54, 1.807) is 19.2 Å². The smallest absolute Gasteiger partial charge is 0.261 e.